The van der Waals surface area contributed by atoms with Gasteiger partial charge < -0.3 is 10.6 Å². The molecule has 0 aromatic heterocycles. The predicted molar refractivity (Wildman–Crippen MR) is 98.1 cm³/mol. The van der Waals surface area contributed by atoms with Gasteiger partial charge in [-0.2, -0.15) is 0 Å². The Bertz CT molecular complexity index is 747. The third-order valence-electron chi connectivity index (χ3n) is 3.98. The van der Waals surface area contributed by atoms with Crippen LogP contribution >= 0.6 is 27.5 Å². The van der Waals surface area contributed by atoms with Crippen molar-refractivity contribution < 1.29 is 9.59 Å². The summed E-state index contributed by atoms with van der Waals surface area (Å²) < 4.78 is 1.02. The first-order valence-electron chi connectivity index (χ1n) is 7.61. The number of benzene rings is 2. The summed E-state index contributed by atoms with van der Waals surface area (Å²) in [5.74, 6) is -0.132. The van der Waals surface area contributed by atoms with Crippen LogP contribution in [0.25, 0.3) is 0 Å². The fourth-order valence-corrected chi connectivity index (χ4v) is 2.99. The molecule has 3 rings (SSSR count). The van der Waals surface area contributed by atoms with E-state index in [4.69, 9.17) is 11.6 Å². The largest absolute Gasteiger partial charge is 0.347 e. The van der Waals surface area contributed by atoms with Crippen LogP contribution in [0, 0.1) is 5.92 Å². The molecule has 124 valence electrons. The molecule has 2 atom stereocenters. The molecule has 0 bridgehead atoms. The van der Waals surface area contributed by atoms with Gasteiger partial charge in [0.1, 0.15) is 0 Å². The van der Waals surface area contributed by atoms with Gasteiger partial charge in [0, 0.05) is 21.1 Å². The van der Waals surface area contributed by atoms with Crippen molar-refractivity contribution in [3.05, 3.63) is 63.6 Å². The van der Waals surface area contributed by atoms with E-state index >= 15 is 0 Å². The van der Waals surface area contributed by atoms with Crippen molar-refractivity contribution in [1.82, 2.24) is 5.32 Å². The van der Waals surface area contributed by atoms with Crippen molar-refractivity contribution in [1.29, 1.82) is 0 Å². The van der Waals surface area contributed by atoms with Crippen LogP contribution in [0.4, 0.5) is 5.69 Å². The number of halogens is 2. The van der Waals surface area contributed by atoms with Crippen LogP contribution in [0.1, 0.15) is 17.9 Å². The van der Waals surface area contributed by atoms with Crippen LogP contribution < -0.4 is 10.6 Å². The number of carbonyl (C=O) groups is 2. The Morgan fingerprint density at radius 2 is 1.75 bits per heavy atom. The van der Waals surface area contributed by atoms with Gasteiger partial charge in [0.15, 0.2) is 0 Å². The Labute approximate surface area is 153 Å². The summed E-state index contributed by atoms with van der Waals surface area (Å²) >= 11 is 9.19. The van der Waals surface area contributed by atoms with E-state index < -0.39 is 0 Å². The number of hydrogen-bond acceptors (Lipinski definition) is 2. The summed E-state index contributed by atoms with van der Waals surface area (Å²) in [6.45, 7) is -0.0367. The molecule has 2 unspecified atom stereocenters. The molecule has 2 aromatic carbocycles. The zero-order valence-electron chi connectivity index (χ0n) is 12.8. The highest BCUT2D eigenvalue weighted by Gasteiger charge is 2.43. The van der Waals surface area contributed by atoms with Crippen molar-refractivity contribution in [2.24, 2.45) is 5.92 Å². The minimum absolute atomic E-state index is 0.0367. The second kappa shape index (κ2) is 7.36. The Balaban J connectivity index is 1.45. The molecule has 24 heavy (non-hydrogen) atoms. The highest BCUT2D eigenvalue weighted by Crippen LogP contribution is 2.47. The summed E-state index contributed by atoms with van der Waals surface area (Å²) in [6, 6.07) is 14.8. The van der Waals surface area contributed by atoms with E-state index in [1.54, 1.807) is 24.3 Å². The maximum absolute atomic E-state index is 12.1. The molecule has 0 heterocycles. The molecule has 6 heteroatoms. The van der Waals surface area contributed by atoms with E-state index in [0.29, 0.717) is 10.7 Å². The Morgan fingerprint density at radius 1 is 1.08 bits per heavy atom. The number of anilines is 1. The average molecular weight is 408 g/mol. The fraction of sp³-hybridized carbons (Fsp3) is 0.222. The number of carbonyl (C=O) groups excluding carboxylic acids is 2. The molecule has 2 N–H and O–H groups in total. The number of nitrogens with one attached hydrogen (secondary N) is 2. The van der Waals surface area contributed by atoms with E-state index in [9.17, 15) is 9.59 Å². The molecule has 2 amide bonds. The van der Waals surface area contributed by atoms with Crippen molar-refractivity contribution in [3.8, 4) is 0 Å². The molecule has 0 radical (unpaired) electrons. The average Bonchev–Trinajstić information content (AvgIpc) is 3.36. The molecule has 1 aliphatic carbocycles. The molecule has 1 aliphatic rings. The van der Waals surface area contributed by atoms with Crippen LogP contribution in [-0.4, -0.2) is 18.4 Å². The molecule has 0 spiro atoms. The maximum atomic E-state index is 12.1. The molecule has 0 aliphatic heterocycles. The lowest BCUT2D eigenvalue weighted by atomic mass is 10.1. The Morgan fingerprint density at radius 3 is 2.42 bits per heavy atom. The lowest BCUT2D eigenvalue weighted by Crippen LogP contribution is -2.34. The molecule has 2 aromatic rings. The Kier molecular flexibility index (Phi) is 5.21. The fourth-order valence-electron chi connectivity index (χ4n) is 2.60. The van der Waals surface area contributed by atoms with Gasteiger partial charge in [-0.15, -0.1) is 0 Å². The van der Waals surface area contributed by atoms with Crippen molar-refractivity contribution in [2.45, 2.75) is 12.3 Å². The molecular weight excluding hydrogens is 392 g/mol. The summed E-state index contributed by atoms with van der Waals surface area (Å²) in [4.78, 5) is 24.0. The van der Waals surface area contributed by atoms with Crippen LogP contribution in [0.5, 0.6) is 0 Å². The lowest BCUT2D eigenvalue weighted by molar-refractivity contribution is -0.125. The molecule has 1 fully saturated rings. The topological polar surface area (TPSA) is 58.2 Å². The Hall–Kier alpha value is -1.85. The van der Waals surface area contributed by atoms with Crippen molar-refractivity contribution in [3.63, 3.8) is 0 Å². The second-order valence-corrected chi connectivity index (χ2v) is 7.13. The van der Waals surface area contributed by atoms with Gasteiger partial charge in [-0.05, 0) is 54.3 Å². The number of amides is 2. The van der Waals surface area contributed by atoms with Gasteiger partial charge in [-0.3, -0.25) is 9.59 Å². The van der Waals surface area contributed by atoms with Crippen LogP contribution in [0.3, 0.4) is 0 Å². The van der Waals surface area contributed by atoms with E-state index in [-0.39, 0.29) is 30.2 Å². The summed E-state index contributed by atoms with van der Waals surface area (Å²) in [5.41, 5.74) is 1.81. The minimum atomic E-state index is -0.258. The van der Waals surface area contributed by atoms with E-state index in [2.05, 4.69) is 26.6 Å². The van der Waals surface area contributed by atoms with Gasteiger partial charge in [-0.25, -0.2) is 0 Å². The van der Waals surface area contributed by atoms with Crippen LogP contribution in [0.15, 0.2) is 53.0 Å². The quantitative estimate of drug-likeness (QED) is 0.788. The van der Waals surface area contributed by atoms with Gasteiger partial charge in [-0.1, -0.05) is 39.7 Å². The predicted octanol–water partition coefficient (Wildman–Crippen LogP) is 3.96. The monoisotopic (exact) mass is 406 g/mol. The third-order valence-corrected chi connectivity index (χ3v) is 4.76. The summed E-state index contributed by atoms with van der Waals surface area (Å²) in [6.07, 6.45) is 0.826. The first kappa shape index (κ1) is 17.0. The lowest BCUT2D eigenvalue weighted by Gasteiger charge is -2.07. The molecule has 1 saturated carbocycles. The number of hydrogen-bond donors (Lipinski definition) is 2. The summed E-state index contributed by atoms with van der Waals surface area (Å²) in [7, 11) is 0. The third kappa shape index (κ3) is 4.36. The first-order chi connectivity index (χ1) is 11.5. The SMILES string of the molecule is O=C(CNC(=O)C1CC1c1ccc(Br)cc1)Nc1ccc(Cl)cc1. The van der Waals surface area contributed by atoms with Crippen molar-refractivity contribution in [2.75, 3.05) is 11.9 Å². The molecule has 4 nitrogen and oxygen atoms in total. The smallest absolute Gasteiger partial charge is 0.243 e. The van der Waals surface area contributed by atoms with E-state index in [1.165, 1.54) is 0 Å². The highest BCUT2D eigenvalue weighted by atomic mass is 79.9. The van der Waals surface area contributed by atoms with Crippen LogP contribution in [0.2, 0.25) is 5.02 Å². The van der Waals surface area contributed by atoms with Gasteiger partial charge in [0.25, 0.3) is 0 Å². The molecule has 0 saturated heterocycles. The maximum Gasteiger partial charge on any atom is 0.243 e. The summed E-state index contributed by atoms with van der Waals surface area (Å²) in [5, 5.41) is 6.02. The highest BCUT2D eigenvalue weighted by molar-refractivity contribution is 9.10. The van der Waals surface area contributed by atoms with Gasteiger partial charge in [0.2, 0.25) is 11.8 Å². The van der Waals surface area contributed by atoms with Crippen molar-refractivity contribution >= 4 is 45.0 Å². The second-order valence-electron chi connectivity index (χ2n) is 5.77. The van der Waals surface area contributed by atoms with Crippen LogP contribution in [-0.2, 0) is 9.59 Å². The standard InChI is InChI=1S/C18H16BrClN2O2/c19-12-3-1-11(2-4-12)15-9-16(15)18(24)21-10-17(23)22-14-7-5-13(20)6-8-14/h1-8,15-16H,9-10H2,(H,21,24)(H,22,23). The van der Waals surface area contributed by atoms with Gasteiger partial charge >= 0.3 is 0 Å². The number of rotatable bonds is 5. The zero-order chi connectivity index (χ0) is 17.1. The normalized spacial score (nSPS) is 18.8. The van der Waals surface area contributed by atoms with E-state index in [0.717, 1.165) is 16.5 Å². The first-order valence-corrected chi connectivity index (χ1v) is 8.78. The molecular formula is C18H16BrClN2O2. The van der Waals surface area contributed by atoms with Gasteiger partial charge in [0.05, 0.1) is 6.54 Å². The minimum Gasteiger partial charge on any atom is -0.347 e. The zero-order valence-corrected chi connectivity index (χ0v) is 15.1. The van der Waals surface area contributed by atoms with E-state index in [1.807, 2.05) is 24.3 Å².